The lowest BCUT2D eigenvalue weighted by molar-refractivity contribution is 0.102. The van der Waals surface area contributed by atoms with E-state index in [1.54, 1.807) is 55.2 Å². The Labute approximate surface area is 199 Å². The van der Waals surface area contributed by atoms with Crippen molar-refractivity contribution in [3.8, 4) is 22.9 Å². The summed E-state index contributed by atoms with van der Waals surface area (Å²) in [6.45, 7) is 1.70. The Hall–Kier alpha value is -4.99. The highest BCUT2D eigenvalue weighted by Gasteiger charge is 2.23. The van der Waals surface area contributed by atoms with Gasteiger partial charge in [0.05, 0.1) is 29.3 Å². The summed E-state index contributed by atoms with van der Waals surface area (Å²) in [6.07, 6.45) is 4.39. The van der Waals surface area contributed by atoms with E-state index in [9.17, 15) is 14.7 Å². The fraction of sp³-hybridized carbons (Fsp3) is 0.0800. The number of aromatic hydroxyl groups is 1. The van der Waals surface area contributed by atoms with Gasteiger partial charge in [0, 0.05) is 24.7 Å². The Morgan fingerprint density at radius 1 is 1.03 bits per heavy atom. The van der Waals surface area contributed by atoms with E-state index in [0.717, 1.165) is 0 Å². The summed E-state index contributed by atoms with van der Waals surface area (Å²) >= 11 is 0. The summed E-state index contributed by atoms with van der Waals surface area (Å²) in [5, 5.41) is 12.9. The summed E-state index contributed by atoms with van der Waals surface area (Å²) in [4.78, 5) is 38.5. The van der Waals surface area contributed by atoms with Crippen molar-refractivity contribution in [2.24, 2.45) is 7.05 Å². The van der Waals surface area contributed by atoms with E-state index >= 15 is 0 Å². The number of hydrogen-bond acceptors (Lipinski definition) is 7. The fourth-order valence-electron chi connectivity index (χ4n) is 3.75. The number of nitrogens with zero attached hydrogens (tertiary/aromatic N) is 5. The van der Waals surface area contributed by atoms with Crippen molar-refractivity contribution in [3.63, 3.8) is 0 Å². The number of hydrogen-bond donors (Lipinski definition) is 2. The molecule has 0 saturated heterocycles. The lowest BCUT2D eigenvalue weighted by Crippen LogP contribution is -2.25. The van der Waals surface area contributed by atoms with Gasteiger partial charge < -0.3 is 9.84 Å². The number of anilines is 1. The summed E-state index contributed by atoms with van der Waals surface area (Å²) in [6, 6.07) is 15.5. The van der Waals surface area contributed by atoms with Gasteiger partial charge in [-0.15, -0.1) is 0 Å². The van der Waals surface area contributed by atoms with Crippen LogP contribution < -0.4 is 15.6 Å². The molecule has 0 aliphatic rings. The molecule has 0 atom stereocenters. The second-order valence-corrected chi connectivity index (χ2v) is 7.75. The molecule has 2 N–H and O–H groups in total. The van der Waals surface area contributed by atoms with Crippen LogP contribution in [0.3, 0.4) is 0 Å². The van der Waals surface area contributed by atoms with Crippen LogP contribution in [-0.2, 0) is 7.05 Å². The average Bonchev–Trinajstić information content (AvgIpc) is 3.08. The van der Waals surface area contributed by atoms with Crippen LogP contribution in [-0.4, -0.2) is 35.3 Å². The summed E-state index contributed by atoms with van der Waals surface area (Å²) in [5.74, 6) is 0.379. The quantitative estimate of drug-likeness (QED) is 0.404. The Morgan fingerprint density at radius 2 is 1.77 bits per heavy atom. The maximum atomic E-state index is 13.0. The zero-order chi connectivity index (χ0) is 24.5. The van der Waals surface area contributed by atoms with E-state index in [-0.39, 0.29) is 17.3 Å². The number of benzene rings is 2. The van der Waals surface area contributed by atoms with E-state index in [1.807, 2.05) is 18.2 Å². The van der Waals surface area contributed by atoms with Crippen molar-refractivity contribution in [1.29, 1.82) is 0 Å². The minimum atomic E-state index is -0.605. The van der Waals surface area contributed by atoms with Crippen LogP contribution in [0.15, 0.2) is 78.0 Å². The number of phenolic OH excluding ortho intramolecular Hbond substituents is 1. The van der Waals surface area contributed by atoms with Crippen LogP contribution in [0.1, 0.15) is 16.1 Å². The largest absolute Gasteiger partial charge is 0.508 e. The highest BCUT2D eigenvalue weighted by Crippen LogP contribution is 2.30. The second kappa shape index (κ2) is 8.75. The molecule has 0 saturated carbocycles. The van der Waals surface area contributed by atoms with Gasteiger partial charge in [-0.25, -0.2) is 14.6 Å². The van der Waals surface area contributed by atoms with Crippen molar-refractivity contribution < 1.29 is 14.6 Å². The van der Waals surface area contributed by atoms with Crippen LogP contribution in [0.4, 0.5) is 5.95 Å². The first kappa shape index (κ1) is 21.8. The highest BCUT2D eigenvalue weighted by molar-refractivity contribution is 6.04. The standard InChI is InChI=1S/C25H20N6O4/c1-15-22(24(34)31(30(15)2)16-6-4-3-5-7-16)23(33)29-25-27-13-18(14-28-25)35-21-10-11-26-20-12-17(32)8-9-19(20)21/h3-14,32H,1-2H3,(H,27,28,29,33). The summed E-state index contributed by atoms with van der Waals surface area (Å²) in [5.41, 5.74) is 1.30. The minimum Gasteiger partial charge on any atom is -0.508 e. The normalized spacial score (nSPS) is 10.9. The molecule has 10 nitrogen and oxygen atoms in total. The number of ether oxygens (including phenoxy) is 1. The predicted molar refractivity (Wildman–Crippen MR) is 129 cm³/mol. The van der Waals surface area contributed by atoms with Crippen molar-refractivity contribution in [1.82, 2.24) is 24.3 Å². The Bertz CT molecular complexity index is 1610. The highest BCUT2D eigenvalue weighted by atomic mass is 16.5. The van der Waals surface area contributed by atoms with Crippen molar-refractivity contribution in [3.05, 3.63) is 94.8 Å². The van der Waals surface area contributed by atoms with Gasteiger partial charge in [0.15, 0.2) is 5.75 Å². The molecule has 5 rings (SSSR count). The van der Waals surface area contributed by atoms with Gasteiger partial charge in [-0.2, -0.15) is 0 Å². The number of fused-ring (bicyclic) bond motifs is 1. The Balaban J connectivity index is 1.36. The predicted octanol–water partition coefficient (Wildman–Crippen LogP) is 3.57. The molecule has 35 heavy (non-hydrogen) atoms. The smallest absolute Gasteiger partial charge is 0.284 e. The number of nitrogens with one attached hydrogen (secondary N) is 1. The third-order valence-electron chi connectivity index (χ3n) is 5.55. The third kappa shape index (κ3) is 4.08. The zero-order valence-corrected chi connectivity index (χ0v) is 18.8. The molecule has 0 radical (unpaired) electrons. The van der Waals surface area contributed by atoms with Gasteiger partial charge in [-0.05, 0) is 37.3 Å². The van der Waals surface area contributed by atoms with Gasteiger partial charge in [0.2, 0.25) is 5.95 Å². The van der Waals surface area contributed by atoms with E-state index in [4.69, 9.17) is 4.74 Å². The van der Waals surface area contributed by atoms with Gasteiger partial charge >= 0.3 is 0 Å². The Kier molecular flexibility index (Phi) is 5.46. The lowest BCUT2D eigenvalue weighted by atomic mass is 10.2. The lowest BCUT2D eigenvalue weighted by Gasteiger charge is -2.09. The van der Waals surface area contributed by atoms with Gasteiger partial charge in [-0.3, -0.25) is 24.6 Å². The van der Waals surface area contributed by atoms with Crippen LogP contribution >= 0.6 is 0 Å². The molecule has 0 unspecified atom stereocenters. The SMILES string of the molecule is Cc1c(C(=O)Nc2ncc(Oc3ccnc4cc(O)ccc34)cn2)c(=O)n(-c2ccccc2)n1C. The number of para-hydroxylation sites is 1. The molecule has 5 aromatic rings. The van der Waals surface area contributed by atoms with Crippen molar-refractivity contribution in [2.45, 2.75) is 6.92 Å². The molecule has 0 fully saturated rings. The van der Waals surface area contributed by atoms with Crippen molar-refractivity contribution >= 4 is 22.8 Å². The van der Waals surface area contributed by atoms with E-state index in [2.05, 4.69) is 20.3 Å². The molecule has 0 spiro atoms. The first-order valence-corrected chi connectivity index (χ1v) is 10.7. The molecular formula is C25H20N6O4. The minimum absolute atomic E-state index is 0.00628. The monoisotopic (exact) mass is 468 g/mol. The summed E-state index contributed by atoms with van der Waals surface area (Å²) in [7, 11) is 1.72. The number of phenols is 1. The topological polar surface area (TPSA) is 124 Å². The number of rotatable bonds is 5. The molecule has 0 aliphatic heterocycles. The molecule has 10 heteroatoms. The Morgan fingerprint density at radius 3 is 2.51 bits per heavy atom. The van der Waals surface area contributed by atoms with Crippen LogP contribution in [0.5, 0.6) is 17.2 Å². The molecule has 0 bridgehead atoms. The number of carbonyl (C=O) groups excluding carboxylic acids is 1. The molecule has 0 aliphatic carbocycles. The number of carbonyl (C=O) groups is 1. The van der Waals surface area contributed by atoms with Crippen LogP contribution in [0.2, 0.25) is 0 Å². The summed E-state index contributed by atoms with van der Waals surface area (Å²) < 4.78 is 8.93. The number of amides is 1. The van der Waals surface area contributed by atoms with Crippen LogP contribution in [0, 0.1) is 6.92 Å². The number of pyridine rings is 1. The second-order valence-electron chi connectivity index (χ2n) is 7.75. The molecule has 3 heterocycles. The number of aromatic nitrogens is 5. The maximum Gasteiger partial charge on any atom is 0.284 e. The molecule has 1 amide bonds. The van der Waals surface area contributed by atoms with E-state index in [0.29, 0.717) is 33.8 Å². The van der Waals surface area contributed by atoms with E-state index < -0.39 is 11.5 Å². The molecular weight excluding hydrogens is 448 g/mol. The molecule has 2 aromatic carbocycles. The molecule has 174 valence electrons. The first-order chi connectivity index (χ1) is 16.9. The zero-order valence-electron chi connectivity index (χ0n) is 18.8. The first-order valence-electron chi connectivity index (χ1n) is 10.7. The average molecular weight is 468 g/mol. The van der Waals surface area contributed by atoms with Crippen LogP contribution in [0.25, 0.3) is 16.6 Å². The fourth-order valence-corrected chi connectivity index (χ4v) is 3.75. The third-order valence-corrected chi connectivity index (χ3v) is 5.55. The van der Waals surface area contributed by atoms with Gasteiger partial charge in [0.25, 0.3) is 11.5 Å². The van der Waals surface area contributed by atoms with Crippen molar-refractivity contribution in [2.75, 3.05) is 5.32 Å². The van der Waals surface area contributed by atoms with Gasteiger partial charge in [0.1, 0.15) is 17.1 Å². The maximum absolute atomic E-state index is 13.0. The van der Waals surface area contributed by atoms with Gasteiger partial charge in [-0.1, -0.05) is 18.2 Å². The molecule has 3 aromatic heterocycles. The van der Waals surface area contributed by atoms with E-state index in [1.165, 1.54) is 23.1 Å².